The molecule has 1 aromatic carbocycles. The molecule has 120 valence electrons. The van der Waals surface area contributed by atoms with Gasteiger partial charge in [-0.3, -0.25) is 4.79 Å². The van der Waals surface area contributed by atoms with Gasteiger partial charge in [0.2, 0.25) is 5.78 Å². The van der Waals surface area contributed by atoms with E-state index in [4.69, 9.17) is 15.2 Å². The van der Waals surface area contributed by atoms with E-state index in [1.165, 1.54) is 7.11 Å². The number of benzene rings is 1. The Bertz CT molecular complexity index is 749. The molecule has 1 atom stereocenters. The molecule has 0 bridgehead atoms. The van der Waals surface area contributed by atoms with Crippen LogP contribution in [0.2, 0.25) is 0 Å². The summed E-state index contributed by atoms with van der Waals surface area (Å²) >= 11 is 0. The van der Waals surface area contributed by atoms with Crippen molar-refractivity contribution in [3.8, 4) is 5.75 Å². The van der Waals surface area contributed by atoms with Crippen molar-refractivity contribution in [1.29, 1.82) is 0 Å². The van der Waals surface area contributed by atoms with Gasteiger partial charge < -0.3 is 20.1 Å². The van der Waals surface area contributed by atoms with Crippen LogP contribution in [0.1, 0.15) is 17.3 Å². The number of hydrogen-bond donors (Lipinski definition) is 1. The Kier molecular flexibility index (Phi) is 3.74. The van der Waals surface area contributed by atoms with Crippen LogP contribution in [0.15, 0.2) is 53.9 Å². The lowest BCUT2D eigenvalue weighted by Crippen LogP contribution is -2.44. The van der Waals surface area contributed by atoms with Gasteiger partial charge in [0.1, 0.15) is 5.75 Å². The molecule has 5 heteroatoms. The first-order valence-electron chi connectivity index (χ1n) is 7.41. The summed E-state index contributed by atoms with van der Waals surface area (Å²) in [7, 11) is 3.09. The van der Waals surface area contributed by atoms with Gasteiger partial charge in [0, 0.05) is 25.4 Å². The molecular weight excluding hydrogens is 292 g/mol. The van der Waals surface area contributed by atoms with E-state index in [2.05, 4.69) is 0 Å². The first-order chi connectivity index (χ1) is 11.0. The number of ether oxygens (including phenoxy) is 2. The third-order valence-electron chi connectivity index (χ3n) is 4.39. The van der Waals surface area contributed by atoms with Crippen LogP contribution >= 0.6 is 0 Å². The van der Waals surface area contributed by atoms with Crippen LogP contribution in [-0.4, -0.2) is 37.0 Å². The molecule has 5 nitrogen and oxygen atoms in total. The van der Waals surface area contributed by atoms with Crippen LogP contribution in [0.5, 0.6) is 5.75 Å². The van der Waals surface area contributed by atoms with E-state index >= 15 is 0 Å². The first kappa shape index (κ1) is 15.4. The third-order valence-corrected chi connectivity index (χ3v) is 4.39. The SMILES string of the molecule is COc1cc(C(=O)C2(OC)C(C)=CN3CC=CC=C32)ccc1N. The number of rotatable bonds is 4. The monoisotopic (exact) mass is 312 g/mol. The fourth-order valence-electron chi connectivity index (χ4n) is 3.21. The van der Waals surface area contributed by atoms with E-state index < -0.39 is 5.60 Å². The van der Waals surface area contributed by atoms with E-state index in [0.717, 1.165) is 17.8 Å². The van der Waals surface area contributed by atoms with E-state index in [1.54, 1.807) is 25.3 Å². The van der Waals surface area contributed by atoms with Crippen molar-refractivity contribution in [2.24, 2.45) is 0 Å². The van der Waals surface area contributed by atoms with Crippen molar-refractivity contribution < 1.29 is 14.3 Å². The summed E-state index contributed by atoms with van der Waals surface area (Å²) in [5.74, 6) is 0.354. The predicted octanol–water partition coefficient (Wildman–Crippen LogP) is 2.52. The summed E-state index contributed by atoms with van der Waals surface area (Å²) in [6.45, 7) is 2.64. The highest BCUT2D eigenvalue weighted by molar-refractivity contribution is 6.08. The lowest BCUT2D eigenvalue weighted by molar-refractivity contribution is 0.0364. The molecule has 3 rings (SSSR count). The average molecular weight is 312 g/mol. The number of methoxy groups -OCH3 is 2. The van der Waals surface area contributed by atoms with Crippen molar-refractivity contribution in [3.63, 3.8) is 0 Å². The van der Waals surface area contributed by atoms with Gasteiger partial charge in [-0.2, -0.15) is 0 Å². The molecule has 0 amide bonds. The Hall–Kier alpha value is -2.53. The number of fused-ring (bicyclic) bond motifs is 1. The highest BCUT2D eigenvalue weighted by atomic mass is 16.5. The Labute approximate surface area is 135 Å². The lowest BCUT2D eigenvalue weighted by atomic mass is 9.84. The number of Topliss-reactive ketones (excluding diaryl/α,β-unsaturated/α-hetero) is 1. The largest absolute Gasteiger partial charge is 0.495 e. The quantitative estimate of drug-likeness (QED) is 0.683. The normalized spacial score (nSPS) is 22.5. The van der Waals surface area contributed by atoms with Gasteiger partial charge in [-0.25, -0.2) is 0 Å². The molecule has 0 saturated carbocycles. The van der Waals surface area contributed by atoms with Gasteiger partial charge in [-0.15, -0.1) is 0 Å². The Morgan fingerprint density at radius 2 is 2.13 bits per heavy atom. The van der Waals surface area contributed by atoms with E-state index in [1.807, 2.05) is 36.3 Å². The van der Waals surface area contributed by atoms with Crippen LogP contribution in [-0.2, 0) is 4.74 Å². The van der Waals surface area contributed by atoms with E-state index in [0.29, 0.717) is 17.0 Å². The number of carbonyl (C=O) groups excluding carboxylic acids is 1. The molecule has 0 aliphatic carbocycles. The van der Waals surface area contributed by atoms with Crippen LogP contribution in [0.3, 0.4) is 0 Å². The molecule has 0 saturated heterocycles. The average Bonchev–Trinajstić information content (AvgIpc) is 2.86. The van der Waals surface area contributed by atoms with Crippen molar-refractivity contribution in [2.75, 3.05) is 26.5 Å². The third kappa shape index (κ3) is 2.16. The van der Waals surface area contributed by atoms with Gasteiger partial charge in [0.05, 0.1) is 18.5 Å². The van der Waals surface area contributed by atoms with Crippen molar-refractivity contribution in [2.45, 2.75) is 12.5 Å². The number of nitrogens with two attached hydrogens (primary N) is 1. The minimum atomic E-state index is -1.11. The summed E-state index contributed by atoms with van der Waals surface area (Å²) in [5, 5.41) is 0. The highest BCUT2D eigenvalue weighted by Gasteiger charge is 2.50. The van der Waals surface area contributed by atoms with Crippen LogP contribution < -0.4 is 10.5 Å². The van der Waals surface area contributed by atoms with Gasteiger partial charge in [-0.1, -0.05) is 12.2 Å². The summed E-state index contributed by atoms with van der Waals surface area (Å²) in [6.07, 6.45) is 7.87. The molecule has 2 N–H and O–H groups in total. The van der Waals surface area contributed by atoms with Crippen molar-refractivity contribution in [3.05, 3.63) is 59.5 Å². The Morgan fingerprint density at radius 1 is 1.35 bits per heavy atom. The van der Waals surface area contributed by atoms with Gasteiger partial charge >= 0.3 is 0 Å². The van der Waals surface area contributed by atoms with Crippen LogP contribution in [0, 0.1) is 0 Å². The number of nitrogen functional groups attached to an aromatic ring is 1. The second kappa shape index (κ2) is 5.59. The zero-order chi connectivity index (χ0) is 16.6. The Balaban J connectivity index is 2.10. The molecule has 1 aromatic rings. The fraction of sp³-hybridized carbons (Fsp3) is 0.278. The van der Waals surface area contributed by atoms with Crippen LogP contribution in [0.25, 0.3) is 0 Å². The summed E-state index contributed by atoms with van der Waals surface area (Å²) < 4.78 is 11.0. The molecule has 0 spiro atoms. The lowest BCUT2D eigenvalue weighted by Gasteiger charge is -2.33. The van der Waals surface area contributed by atoms with Crippen molar-refractivity contribution in [1.82, 2.24) is 4.90 Å². The first-order valence-corrected chi connectivity index (χ1v) is 7.41. The summed E-state index contributed by atoms with van der Waals surface area (Å²) in [5.41, 5.74) is 7.43. The number of anilines is 1. The maximum absolute atomic E-state index is 13.3. The number of nitrogens with zero attached hydrogens (tertiary/aromatic N) is 1. The van der Waals surface area contributed by atoms with Crippen LogP contribution in [0.4, 0.5) is 5.69 Å². The van der Waals surface area contributed by atoms with E-state index in [-0.39, 0.29) is 5.78 Å². The predicted molar refractivity (Wildman–Crippen MR) is 89.2 cm³/mol. The zero-order valence-electron chi connectivity index (χ0n) is 13.5. The fourth-order valence-corrected chi connectivity index (χ4v) is 3.21. The van der Waals surface area contributed by atoms with Gasteiger partial charge in [-0.05, 0) is 36.8 Å². The topological polar surface area (TPSA) is 64.8 Å². The second-order valence-electron chi connectivity index (χ2n) is 5.62. The molecule has 1 unspecified atom stereocenters. The molecule has 2 heterocycles. The molecule has 23 heavy (non-hydrogen) atoms. The second-order valence-corrected chi connectivity index (χ2v) is 5.62. The minimum Gasteiger partial charge on any atom is -0.495 e. The minimum absolute atomic E-state index is 0.129. The molecular formula is C18H20N2O3. The van der Waals surface area contributed by atoms with Gasteiger partial charge in [0.15, 0.2) is 5.60 Å². The van der Waals surface area contributed by atoms with Gasteiger partial charge in [0.25, 0.3) is 0 Å². The standard InChI is InChI=1S/C18H20N2O3/c1-12-11-20-9-5-4-6-16(20)18(12,23-3)17(21)13-7-8-14(19)15(10-13)22-2/h4-8,10-11H,9,19H2,1-3H3. The number of hydrogen-bond acceptors (Lipinski definition) is 5. The smallest absolute Gasteiger partial charge is 0.205 e. The molecule has 0 fully saturated rings. The summed E-state index contributed by atoms with van der Waals surface area (Å²) in [6, 6.07) is 5.04. The highest BCUT2D eigenvalue weighted by Crippen LogP contribution is 2.42. The summed E-state index contributed by atoms with van der Waals surface area (Å²) in [4.78, 5) is 15.3. The maximum atomic E-state index is 13.3. The molecule has 2 aliphatic heterocycles. The van der Waals surface area contributed by atoms with Crippen molar-refractivity contribution >= 4 is 11.5 Å². The Morgan fingerprint density at radius 3 is 2.83 bits per heavy atom. The van der Waals surface area contributed by atoms with E-state index in [9.17, 15) is 4.79 Å². The number of ketones is 1. The zero-order valence-corrected chi connectivity index (χ0v) is 13.5. The molecule has 0 aromatic heterocycles. The molecule has 0 radical (unpaired) electrons. The number of allylic oxidation sites excluding steroid dienone is 2. The maximum Gasteiger partial charge on any atom is 0.205 e. The number of carbonyl (C=O) groups is 1. The molecule has 2 aliphatic rings.